The van der Waals surface area contributed by atoms with Crippen molar-refractivity contribution >= 4 is 28.1 Å². The zero-order chi connectivity index (χ0) is 22.6. The Kier molecular flexibility index (Phi) is 6.97. The number of hydrogen-bond acceptors (Lipinski definition) is 7. The third kappa shape index (κ3) is 6.06. The summed E-state index contributed by atoms with van der Waals surface area (Å²) in [6, 6.07) is 3.74. The van der Waals surface area contributed by atoms with Crippen LogP contribution in [0.3, 0.4) is 0 Å². The molecule has 3 aromatic rings. The van der Waals surface area contributed by atoms with E-state index in [1.807, 2.05) is 6.92 Å². The molecule has 0 spiro atoms. The van der Waals surface area contributed by atoms with Crippen LogP contribution >= 0.6 is 11.3 Å². The van der Waals surface area contributed by atoms with Crippen molar-refractivity contribution in [3.05, 3.63) is 75.3 Å². The Bertz CT molecular complexity index is 1120. The summed E-state index contributed by atoms with van der Waals surface area (Å²) in [5.74, 6) is -0.437. The van der Waals surface area contributed by atoms with E-state index < -0.39 is 34.7 Å². The number of halogens is 3. The molecule has 0 aliphatic carbocycles. The van der Waals surface area contributed by atoms with Crippen molar-refractivity contribution in [1.29, 1.82) is 0 Å². The summed E-state index contributed by atoms with van der Waals surface area (Å²) in [6.45, 7) is 2.13. The number of nitrogens with one attached hydrogen (secondary N) is 2. The molecule has 0 saturated carbocycles. The first-order chi connectivity index (χ1) is 14.6. The number of carbonyl (C=O) groups is 1. The molecule has 1 unspecified atom stereocenters. The molecule has 3 heterocycles. The maximum Gasteiger partial charge on any atom is 0.433 e. The summed E-state index contributed by atoms with van der Waals surface area (Å²) in [4.78, 5) is 24.6. The van der Waals surface area contributed by atoms with Crippen LogP contribution in [-0.4, -0.2) is 29.3 Å². The van der Waals surface area contributed by atoms with Crippen molar-refractivity contribution in [1.82, 2.24) is 25.0 Å². The molecule has 0 aromatic carbocycles. The van der Waals surface area contributed by atoms with Gasteiger partial charge in [-0.3, -0.25) is 14.8 Å². The molecule has 3 aromatic heterocycles. The minimum absolute atomic E-state index is 0.0980. The number of aromatic nitrogens is 3. The van der Waals surface area contributed by atoms with Crippen molar-refractivity contribution in [2.75, 3.05) is 0 Å². The van der Waals surface area contributed by atoms with Crippen molar-refractivity contribution in [3.63, 3.8) is 0 Å². The Morgan fingerprint density at radius 3 is 2.23 bits per heavy atom. The van der Waals surface area contributed by atoms with Gasteiger partial charge < -0.3 is 5.32 Å². The zero-order valence-electron chi connectivity index (χ0n) is 15.9. The Balaban J connectivity index is 1.76. The fourth-order valence-corrected chi connectivity index (χ4v) is 3.89. The number of rotatable bonds is 7. The van der Waals surface area contributed by atoms with E-state index in [9.17, 15) is 26.4 Å². The van der Waals surface area contributed by atoms with Gasteiger partial charge in [0.2, 0.25) is 10.9 Å². The van der Waals surface area contributed by atoms with Crippen LogP contribution < -0.4 is 10.0 Å². The van der Waals surface area contributed by atoms with Crippen molar-refractivity contribution < 1.29 is 26.4 Å². The number of thiol groups is 1. The van der Waals surface area contributed by atoms with Crippen LogP contribution in [0.5, 0.6) is 0 Å². The molecule has 0 aliphatic rings. The molecule has 2 N–H and O–H groups in total. The summed E-state index contributed by atoms with van der Waals surface area (Å²) in [5.41, 5.74) is -0.481. The fourth-order valence-electron chi connectivity index (χ4n) is 2.65. The van der Waals surface area contributed by atoms with Gasteiger partial charge in [-0.2, -0.15) is 13.2 Å². The maximum absolute atomic E-state index is 12.7. The third-order valence-corrected chi connectivity index (χ3v) is 5.47. The second-order valence-electron chi connectivity index (χ2n) is 6.30. The number of pyridine rings is 2. The van der Waals surface area contributed by atoms with E-state index in [1.165, 1.54) is 29.7 Å². The van der Waals surface area contributed by atoms with E-state index in [0.29, 0.717) is 5.56 Å². The highest BCUT2D eigenvalue weighted by atomic mass is 32.2. The van der Waals surface area contributed by atoms with Crippen LogP contribution in [0.15, 0.2) is 42.9 Å². The van der Waals surface area contributed by atoms with Crippen molar-refractivity contribution in [2.24, 2.45) is 0 Å². The number of hydrogen-bond donors (Lipinski definition) is 3. The monoisotopic (exact) mass is 471 g/mol. The third-order valence-electron chi connectivity index (χ3n) is 4.09. The van der Waals surface area contributed by atoms with Crippen LogP contribution in [0.2, 0.25) is 0 Å². The Labute approximate surface area is 180 Å². The predicted molar refractivity (Wildman–Crippen MR) is 107 cm³/mol. The van der Waals surface area contributed by atoms with Crippen LogP contribution in [0.4, 0.5) is 13.2 Å². The Morgan fingerprint density at radius 1 is 1.06 bits per heavy atom. The van der Waals surface area contributed by atoms with E-state index in [0.717, 1.165) is 28.2 Å². The van der Waals surface area contributed by atoms with E-state index >= 15 is 0 Å². The summed E-state index contributed by atoms with van der Waals surface area (Å²) < 4.78 is 62.8. The average molecular weight is 471 g/mol. The molecule has 0 bridgehead atoms. The van der Waals surface area contributed by atoms with E-state index in [1.54, 1.807) is 6.20 Å². The molecule has 0 fully saturated rings. The maximum atomic E-state index is 12.7. The number of thiazole rings is 1. The quantitative estimate of drug-likeness (QED) is 0.456. The highest BCUT2D eigenvalue weighted by molar-refractivity contribution is 7.70. The molecule has 13 heteroatoms. The normalized spacial score (nSPS) is 12.7. The summed E-state index contributed by atoms with van der Waals surface area (Å²) in [5, 5.41) is 3.58. The van der Waals surface area contributed by atoms with E-state index in [4.69, 9.17) is 0 Å². The SMILES string of the molecule is Cc1ncc(CNC(=O)c2ccc(C(N[SH](=O)=O)c3ccc(C(F)(F)F)nc3)cn2)s1. The highest BCUT2D eigenvalue weighted by Crippen LogP contribution is 2.29. The molecular formula is C18H16F3N5O3S2. The lowest BCUT2D eigenvalue weighted by Crippen LogP contribution is -2.24. The molecule has 1 amide bonds. The van der Waals surface area contributed by atoms with Crippen molar-refractivity contribution in [2.45, 2.75) is 25.7 Å². The first kappa shape index (κ1) is 22.8. The minimum Gasteiger partial charge on any atom is -0.346 e. The Hall–Kier alpha value is -2.90. The van der Waals surface area contributed by atoms with Gasteiger partial charge in [0.15, 0.2) is 0 Å². The van der Waals surface area contributed by atoms with Gasteiger partial charge in [0.25, 0.3) is 5.91 Å². The molecule has 0 aliphatic heterocycles. The average Bonchev–Trinajstić information content (AvgIpc) is 3.15. The Morgan fingerprint density at radius 2 is 1.74 bits per heavy atom. The molecule has 31 heavy (non-hydrogen) atoms. The van der Waals surface area contributed by atoms with Crippen LogP contribution in [0.25, 0.3) is 0 Å². The van der Waals surface area contributed by atoms with Gasteiger partial charge in [-0.05, 0) is 30.2 Å². The molecule has 8 nitrogen and oxygen atoms in total. The summed E-state index contributed by atoms with van der Waals surface area (Å²) in [6.07, 6.45) is -0.730. The lowest BCUT2D eigenvalue weighted by atomic mass is 10.0. The smallest absolute Gasteiger partial charge is 0.346 e. The van der Waals surface area contributed by atoms with Gasteiger partial charge in [-0.15, -0.1) is 11.3 Å². The van der Waals surface area contributed by atoms with Gasteiger partial charge in [-0.1, -0.05) is 12.1 Å². The first-order valence-electron chi connectivity index (χ1n) is 8.72. The minimum atomic E-state index is -4.61. The van der Waals surface area contributed by atoms with Gasteiger partial charge in [0.1, 0.15) is 11.4 Å². The fraction of sp³-hybridized carbons (Fsp3) is 0.222. The van der Waals surface area contributed by atoms with Gasteiger partial charge in [-0.25, -0.2) is 18.1 Å². The second kappa shape index (κ2) is 9.49. The number of alkyl halides is 3. The van der Waals surface area contributed by atoms with Crippen LogP contribution in [0, 0.1) is 6.92 Å². The van der Waals surface area contributed by atoms with Crippen LogP contribution in [-0.2, 0) is 23.6 Å². The number of amides is 1. The highest BCUT2D eigenvalue weighted by Gasteiger charge is 2.32. The largest absolute Gasteiger partial charge is 0.433 e. The predicted octanol–water partition coefficient (Wildman–Crippen LogP) is 2.40. The molecule has 0 saturated heterocycles. The molecule has 164 valence electrons. The van der Waals surface area contributed by atoms with Gasteiger partial charge in [0.05, 0.1) is 17.6 Å². The first-order valence-corrected chi connectivity index (χ1v) is 10.7. The molecule has 3 rings (SSSR count). The summed E-state index contributed by atoms with van der Waals surface area (Å²) in [7, 11) is -3.08. The number of aryl methyl sites for hydroxylation is 1. The van der Waals surface area contributed by atoms with E-state index in [-0.39, 0.29) is 17.8 Å². The number of nitrogens with zero attached hydrogens (tertiary/aromatic N) is 3. The second-order valence-corrected chi connectivity index (χ2v) is 8.39. The van der Waals surface area contributed by atoms with Gasteiger partial charge >= 0.3 is 6.18 Å². The zero-order valence-corrected chi connectivity index (χ0v) is 17.6. The molecule has 0 radical (unpaired) electrons. The molecule has 1 atom stereocenters. The summed E-state index contributed by atoms with van der Waals surface area (Å²) >= 11 is 1.45. The standard InChI is InChI=1S/C18H16F3N5O3S2/c1-10-22-8-13(30-10)9-25-17(27)14-4-2-11(6-23-14)16(26-31(28)29)12-3-5-15(24-7-12)18(19,20)21/h2-8,16,31H,9H2,1H3,(H,25,27)(H,26,28,29). The number of carbonyl (C=O) groups excluding carboxylic acids is 1. The van der Waals surface area contributed by atoms with Crippen LogP contribution in [0.1, 0.15) is 43.2 Å². The van der Waals surface area contributed by atoms with Gasteiger partial charge in [0, 0.05) is 23.5 Å². The topological polar surface area (TPSA) is 114 Å². The van der Waals surface area contributed by atoms with E-state index in [2.05, 4.69) is 25.0 Å². The van der Waals surface area contributed by atoms with Crippen molar-refractivity contribution in [3.8, 4) is 0 Å². The molecular weight excluding hydrogens is 455 g/mol. The lowest BCUT2D eigenvalue weighted by Gasteiger charge is -2.16. The lowest BCUT2D eigenvalue weighted by molar-refractivity contribution is -0.141.